The molecule has 0 aromatic carbocycles. The van der Waals surface area contributed by atoms with E-state index in [4.69, 9.17) is 0 Å². The van der Waals surface area contributed by atoms with Crippen molar-refractivity contribution in [2.75, 3.05) is 32.1 Å². The van der Waals surface area contributed by atoms with Crippen LogP contribution in [0.2, 0.25) is 0 Å². The number of anilines is 1. The number of aromatic nitrogens is 3. The number of allylic oxidation sites excluding steroid dienone is 2. The minimum absolute atomic E-state index is 0.0909. The zero-order chi connectivity index (χ0) is 23.0. The first-order valence-electron chi connectivity index (χ1n) is 10.1. The number of rotatable bonds is 3. The van der Waals surface area contributed by atoms with Crippen LogP contribution in [0.5, 0.6) is 0 Å². The van der Waals surface area contributed by atoms with Crippen molar-refractivity contribution < 1.29 is 23.1 Å². The van der Waals surface area contributed by atoms with E-state index >= 15 is 0 Å². The number of amides is 2. The SMILES string of the molecule is CN1C=C(C(F)(F)F)C=C(NC(=O)N(C)C2CCN(c3cnc4cn[nH]c4c3)CC2)C1O. The highest BCUT2D eigenvalue weighted by Gasteiger charge is 2.37. The maximum Gasteiger partial charge on any atom is 0.417 e. The van der Waals surface area contributed by atoms with Gasteiger partial charge in [0.2, 0.25) is 0 Å². The van der Waals surface area contributed by atoms with Crippen molar-refractivity contribution in [2.24, 2.45) is 0 Å². The van der Waals surface area contributed by atoms with Gasteiger partial charge in [-0.3, -0.25) is 10.1 Å². The molecule has 0 radical (unpaired) electrons. The Hall–Kier alpha value is -3.28. The van der Waals surface area contributed by atoms with E-state index < -0.39 is 24.0 Å². The molecular formula is C20H24F3N7O2. The van der Waals surface area contributed by atoms with Gasteiger partial charge in [0, 0.05) is 39.4 Å². The van der Waals surface area contributed by atoms with Gasteiger partial charge < -0.3 is 25.1 Å². The third-order valence-electron chi connectivity index (χ3n) is 5.87. The zero-order valence-corrected chi connectivity index (χ0v) is 17.6. The summed E-state index contributed by atoms with van der Waals surface area (Å²) in [6.07, 6.45) is 0.408. The first-order chi connectivity index (χ1) is 15.1. The summed E-state index contributed by atoms with van der Waals surface area (Å²) in [6.45, 7) is 1.39. The predicted molar refractivity (Wildman–Crippen MR) is 111 cm³/mol. The number of aliphatic hydroxyl groups is 1. The Morgan fingerprint density at radius 2 is 2.03 bits per heavy atom. The third-order valence-corrected chi connectivity index (χ3v) is 5.87. The topological polar surface area (TPSA) is 101 Å². The number of aromatic amines is 1. The van der Waals surface area contributed by atoms with Gasteiger partial charge in [0.15, 0.2) is 6.23 Å². The molecular weight excluding hydrogens is 427 g/mol. The monoisotopic (exact) mass is 451 g/mol. The number of carbonyl (C=O) groups is 1. The number of carbonyl (C=O) groups excluding carboxylic acids is 1. The Bertz CT molecular complexity index is 1060. The van der Waals surface area contributed by atoms with Crippen molar-refractivity contribution in [3.05, 3.63) is 42.0 Å². The van der Waals surface area contributed by atoms with Crippen LogP contribution in [0.25, 0.3) is 11.0 Å². The molecule has 0 aliphatic carbocycles. The van der Waals surface area contributed by atoms with Gasteiger partial charge in [-0.25, -0.2) is 4.79 Å². The van der Waals surface area contributed by atoms with Crippen molar-refractivity contribution in [1.29, 1.82) is 0 Å². The zero-order valence-electron chi connectivity index (χ0n) is 17.6. The average Bonchev–Trinajstić information content (AvgIpc) is 3.23. The highest BCUT2D eigenvalue weighted by molar-refractivity contribution is 5.77. The van der Waals surface area contributed by atoms with Crippen LogP contribution < -0.4 is 10.2 Å². The Labute approximate surface area is 182 Å². The summed E-state index contributed by atoms with van der Waals surface area (Å²) in [5.74, 6) is 0. The molecule has 2 amide bonds. The van der Waals surface area contributed by atoms with E-state index in [1.54, 1.807) is 19.4 Å². The minimum Gasteiger partial charge on any atom is -0.370 e. The Balaban J connectivity index is 1.37. The average molecular weight is 451 g/mol. The summed E-state index contributed by atoms with van der Waals surface area (Å²) in [5, 5.41) is 19.5. The second-order valence-electron chi connectivity index (χ2n) is 7.98. The molecule has 4 heterocycles. The summed E-state index contributed by atoms with van der Waals surface area (Å²) >= 11 is 0. The number of fused-ring (bicyclic) bond motifs is 1. The van der Waals surface area contributed by atoms with Crippen molar-refractivity contribution in [3.8, 4) is 0 Å². The van der Waals surface area contributed by atoms with E-state index in [1.165, 1.54) is 11.9 Å². The standard InChI is InChI=1S/C20H24F3N7O2/c1-28-11-12(20(21,22)23)7-16(18(28)31)26-19(32)29(2)13-3-5-30(6-4-13)14-8-15-17(24-9-14)10-25-27-15/h7-11,13,18,31H,3-6H2,1-2H3,(H,25,27)(H,26,32). The van der Waals surface area contributed by atoms with Crippen LogP contribution in [0.1, 0.15) is 12.8 Å². The van der Waals surface area contributed by atoms with E-state index in [9.17, 15) is 23.1 Å². The highest BCUT2D eigenvalue weighted by atomic mass is 19.4. The normalized spacial score (nSPS) is 20.2. The summed E-state index contributed by atoms with van der Waals surface area (Å²) in [7, 11) is 2.92. The molecule has 0 spiro atoms. The van der Waals surface area contributed by atoms with E-state index in [1.807, 2.05) is 6.07 Å². The highest BCUT2D eigenvalue weighted by Crippen LogP contribution is 2.31. The number of halogens is 3. The Kier molecular flexibility index (Phi) is 5.71. The molecule has 4 rings (SSSR count). The van der Waals surface area contributed by atoms with Crippen LogP contribution in [0.3, 0.4) is 0 Å². The lowest BCUT2D eigenvalue weighted by molar-refractivity contribution is -0.0911. The number of hydrogen-bond acceptors (Lipinski definition) is 6. The smallest absolute Gasteiger partial charge is 0.370 e. The molecule has 32 heavy (non-hydrogen) atoms. The van der Waals surface area contributed by atoms with Gasteiger partial charge in [-0.15, -0.1) is 0 Å². The predicted octanol–water partition coefficient (Wildman–Crippen LogP) is 2.16. The van der Waals surface area contributed by atoms with E-state index in [-0.39, 0.29) is 11.7 Å². The quantitative estimate of drug-likeness (QED) is 0.662. The third kappa shape index (κ3) is 4.35. The molecule has 1 saturated heterocycles. The summed E-state index contributed by atoms with van der Waals surface area (Å²) in [4.78, 5) is 21.7. The van der Waals surface area contributed by atoms with Crippen LogP contribution in [0, 0.1) is 0 Å². The number of nitrogens with zero attached hydrogens (tertiary/aromatic N) is 5. The van der Waals surface area contributed by atoms with Gasteiger partial charge >= 0.3 is 12.2 Å². The first kappa shape index (κ1) is 21.9. The maximum absolute atomic E-state index is 13.1. The molecule has 3 N–H and O–H groups in total. The van der Waals surface area contributed by atoms with E-state index in [2.05, 4.69) is 25.4 Å². The van der Waals surface area contributed by atoms with Crippen LogP contribution >= 0.6 is 0 Å². The lowest BCUT2D eigenvalue weighted by Crippen LogP contribution is -2.50. The fraction of sp³-hybridized carbons (Fsp3) is 0.450. The molecule has 2 aliphatic rings. The molecule has 12 heteroatoms. The number of alkyl halides is 3. The number of urea groups is 1. The second kappa shape index (κ2) is 8.34. The van der Waals surface area contributed by atoms with Crippen molar-refractivity contribution in [3.63, 3.8) is 0 Å². The summed E-state index contributed by atoms with van der Waals surface area (Å²) in [5.41, 5.74) is 1.43. The molecule has 9 nitrogen and oxygen atoms in total. The van der Waals surface area contributed by atoms with Gasteiger partial charge in [-0.05, 0) is 25.0 Å². The van der Waals surface area contributed by atoms with Gasteiger partial charge in [0.1, 0.15) is 5.52 Å². The minimum atomic E-state index is -4.59. The molecule has 2 aliphatic heterocycles. The number of nitrogens with one attached hydrogen (secondary N) is 2. The van der Waals surface area contributed by atoms with Crippen LogP contribution in [0.4, 0.5) is 23.7 Å². The largest absolute Gasteiger partial charge is 0.417 e. The van der Waals surface area contributed by atoms with Crippen molar-refractivity contribution in [2.45, 2.75) is 31.3 Å². The maximum atomic E-state index is 13.1. The number of H-pyrrole nitrogens is 1. The lowest BCUT2D eigenvalue weighted by atomic mass is 10.0. The summed E-state index contributed by atoms with van der Waals surface area (Å²) in [6, 6.07) is 1.32. The molecule has 0 bridgehead atoms. The Morgan fingerprint density at radius 1 is 1.31 bits per heavy atom. The molecule has 1 atom stereocenters. The first-order valence-corrected chi connectivity index (χ1v) is 10.1. The van der Waals surface area contributed by atoms with E-state index in [0.717, 1.165) is 33.9 Å². The fourth-order valence-electron chi connectivity index (χ4n) is 3.93. The number of hydrogen-bond donors (Lipinski definition) is 3. The lowest BCUT2D eigenvalue weighted by Gasteiger charge is -2.38. The van der Waals surface area contributed by atoms with Crippen LogP contribution in [-0.4, -0.2) is 81.7 Å². The van der Waals surface area contributed by atoms with Gasteiger partial charge in [0.05, 0.1) is 34.9 Å². The second-order valence-corrected chi connectivity index (χ2v) is 7.98. The molecule has 172 valence electrons. The number of likely N-dealkylation sites (N-methyl/N-ethyl adjacent to an activating group) is 1. The molecule has 1 fully saturated rings. The fourth-order valence-corrected chi connectivity index (χ4v) is 3.93. The van der Waals surface area contributed by atoms with Crippen LogP contribution in [0.15, 0.2) is 42.0 Å². The number of piperidine rings is 1. The van der Waals surface area contributed by atoms with E-state index in [0.29, 0.717) is 25.9 Å². The van der Waals surface area contributed by atoms with Gasteiger partial charge in [-0.1, -0.05) is 0 Å². The van der Waals surface area contributed by atoms with Gasteiger partial charge in [0.25, 0.3) is 0 Å². The van der Waals surface area contributed by atoms with Gasteiger partial charge in [-0.2, -0.15) is 18.3 Å². The summed E-state index contributed by atoms with van der Waals surface area (Å²) < 4.78 is 39.3. The molecule has 1 unspecified atom stereocenters. The number of aliphatic hydroxyl groups excluding tert-OH is 1. The molecule has 2 aromatic heterocycles. The van der Waals surface area contributed by atoms with Crippen molar-refractivity contribution >= 4 is 22.8 Å². The molecule has 2 aromatic rings. The van der Waals surface area contributed by atoms with Crippen molar-refractivity contribution in [1.82, 2.24) is 30.3 Å². The van der Waals surface area contributed by atoms with Crippen LogP contribution in [-0.2, 0) is 0 Å². The Morgan fingerprint density at radius 3 is 2.72 bits per heavy atom. The molecule has 0 saturated carbocycles. The number of pyridine rings is 1.